The summed E-state index contributed by atoms with van der Waals surface area (Å²) in [5.41, 5.74) is -1.28. The van der Waals surface area contributed by atoms with Crippen LogP contribution in [0.2, 0.25) is 0 Å². The summed E-state index contributed by atoms with van der Waals surface area (Å²) in [6.45, 7) is 9.17. The van der Waals surface area contributed by atoms with E-state index in [2.05, 4.69) is 0 Å². The molecule has 8 heteroatoms. The third kappa shape index (κ3) is 4.10. The Hall–Kier alpha value is -1.90. The van der Waals surface area contributed by atoms with Crippen molar-refractivity contribution in [2.24, 2.45) is 45.3 Å². The quantitative estimate of drug-likeness (QED) is 0.349. The molecule has 3 saturated carbocycles. The Morgan fingerprint density at radius 1 is 0.976 bits per heavy atom. The van der Waals surface area contributed by atoms with Gasteiger partial charge in [0.2, 0.25) is 0 Å². The van der Waals surface area contributed by atoms with Gasteiger partial charge in [0.05, 0.1) is 12.2 Å². The number of allylic oxidation sites excluding steroid dienone is 1. The summed E-state index contributed by atoms with van der Waals surface area (Å²) in [6, 6.07) is 0. The van der Waals surface area contributed by atoms with E-state index in [0.717, 1.165) is 25.7 Å². The number of carbonyl (C=O) groups is 4. The molecule has 10 unspecified atom stereocenters. The number of hydrogen-bond acceptors (Lipinski definition) is 7. The topological polar surface area (TPSA) is 149 Å². The first kappa shape index (κ1) is 30.6. The molecule has 3 fully saturated rings. The van der Waals surface area contributed by atoms with Gasteiger partial charge in [-0.2, -0.15) is 0 Å². The van der Waals surface area contributed by atoms with Gasteiger partial charge < -0.3 is 20.4 Å². The lowest BCUT2D eigenvalue weighted by Gasteiger charge is -2.63. The molecule has 5 rings (SSSR count). The fourth-order valence-electron chi connectivity index (χ4n) is 10.7. The Balaban J connectivity index is 1.62. The van der Waals surface area contributed by atoms with Gasteiger partial charge in [-0.05, 0) is 74.2 Å². The Kier molecular flexibility index (Phi) is 7.52. The number of aliphatic hydroxyl groups excluding tert-OH is 3. The molecule has 5 aliphatic carbocycles. The highest BCUT2D eigenvalue weighted by Crippen LogP contribution is 2.74. The number of carboxylic acids is 1. The fourth-order valence-corrected chi connectivity index (χ4v) is 10.7. The highest BCUT2D eigenvalue weighted by atomic mass is 16.4. The fraction of sp³-hybridized carbons (Fsp3) is 0.818. The van der Waals surface area contributed by atoms with E-state index >= 15 is 0 Å². The van der Waals surface area contributed by atoms with Crippen molar-refractivity contribution < 1.29 is 39.6 Å². The van der Waals surface area contributed by atoms with Gasteiger partial charge in [0.15, 0.2) is 11.6 Å². The van der Waals surface area contributed by atoms with Gasteiger partial charge in [0.1, 0.15) is 17.8 Å². The van der Waals surface area contributed by atoms with E-state index in [4.69, 9.17) is 0 Å². The third-order valence-corrected chi connectivity index (χ3v) is 13.0. The van der Waals surface area contributed by atoms with Gasteiger partial charge in [-0.3, -0.25) is 19.2 Å². The molecule has 41 heavy (non-hydrogen) atoms. The summed E-state index contributed by atoms with van der Waals surface area (Å²) in [5.74, 6) is -3.73. The first-order valence-electron chi connectivity index (χ1n) is 15.7. The van der Waals surface area contributed by atoms with E-state index in [-0.39, 0.29) is 42.2 Å². The average molecular weight is 573 g/mol. The van der Waals surface area contributed by atoms with Gasteiger partial charge in [0, 0.05) is 34.7 Å². The van der Waals surface area contributed by atoms with Crippen molar-refractivity contribution in [1.82, 2.24) is 0 Å². The number of carbonyl (C=O) groups excluding carboxylic acids is 3. The van der Waals surface area contributed by atoms with E-state index in [1.807, 2.05) is 27.7 Å². The molecule has 0 amide bonds. The van der Waals surface area contributed by atoms with Crippen LogP contribution in [0.4, 0.5) is 0 Å². The summed E-state index contributed by atoms with van der Waals surface area (Å²) in [7, 11) is 0. The molecule has 5 aliphatic rings. The van der Waals surface area contributed by atoms with Crippen LogP contribution in [0.25, 0.3) is 0 Å². The van der Waals surface area contributed by atoms with Gasteiger partial charge in [-0.25, -0.2) is 0 Å². The Labute approximate surface area is 243 Å². The van der Waals surface area contributed by atoms with E-state index in [1.54, 1.807) is 0 Å². The number of hydrogen-bond donors (Lipinski definition) is 4. The summed E-state index contributed by atoms with van der Waals surface area (Å²) in [6.07, 6.45) is 3.13. The van der Waals surface area contributed by atoms with Crippen molar-refractivity contribution in [3.63, 3.8) is 0 Å². The molecular weight excluding hydrogens is 524 g/mol. The van der Waals surface area contributed by atoms with Gasteiger partial charge >= 0.3 is 5.97 Å². The SMILES string of the molecule is CC(C(=O)O)C(=O)C(O)CC(C)C1CC(O)C2(C)C3=C4C(=O)CC12CCCCCC41CCC(=O)C(C)(C)C1CC3O. The van der Waals surface area contributed by atoms with Crippen LogP contribution in [0.3, 0.4) is 0 Å². The summed E-state index contributed by atoms with van der Waals surface area (Å²) in [4.78, 5) is 51.7. The number of rotatable bonds is 6. The van der Waals surface area contributed by atoms with Crippen molar-refractivity contribution in [3.8, 4) is 0 Å². The highest BCUT2D eigenvalue weighted by molar-refractivity contribution is 6.01. The smallest absolute Gasteiger partial charge is 0.313 e. The van der Waals surface area contributed by atoms with Crippen molar-refractivity contribution >= 4 is 23.3 Å². The zero-order chi connectivity index (χ0) is 30.3. The summed E-state index contributed by atoms with van der Waals surface area (Å²) < 4.78 is 0. The number of Topliss-reactive ketones (excluding diaryl/α,β-unsaturated/α-hetero) is 3. The van der Waals surface area contributed by atoms with Crippen LogP contribution in [0.15, 0.2) is 11.1 Å². The predicted molar refractivity (Wildman–Crippen MR) is 151 cm³/mol. The van der Waals surface area contributed by atoms with Gasteiger partial charge in [-0.15, -0.1) is 0 Å². The molecule has 0 aliphatic heterocycles. The van der Waals surface area contributed by atoms with Gasteiger partial charge in [0.25, 0.3) is 0 Å². The lowest BCUT2D eigenvalue weighted by molar-refractivity contribution is -0.150. The first-order valence-corrected chi connectivity index (χ1v) is 15.7. The number of carboxylic acid groups (broad SMARTS) is 1. The molecule has 228 valence electrons. The minimum atomic E-state index is -1.45. The maximum Gasteiger partial charge on any atom is 0.313 e. The normalized spacial score (nSPS) is 42.2. The molecule has 0 radical (unpaired) electrons. The zero-order valence-corrected chi connectivity index (χ0v) is 25.2. The molecule has 0 aromatic carbocycles. The van der Waals surface area contributed by atoms with Crippen LogP contribution >= 0.6 is 0 Å². The second-order valence-corrected chi connectivity index (χ2v) is 15.0. The zero-order valence-electron chi connectivity index (χ0n) is 25.2. The highest BCUT2D eigenvalue weighted by Gasteiger charge is 2.72. The standard InChI is InChI=1S/C33H48O8/c1-17(13-21(35)28(39)18(2)29(40)41)19-14-25(38)31(5)26-20(34)15-23-30(3,4)24(37)9-12-32(23)10-7-6-8-11-33(19,31)16-22(36)27(26)32/h17-21,23,25,34-35,38H,6-16H2,1-5H3,(H,40,41). The van der Waals surface area contributed by atoms with Crippen molar-refractivity contribution in [1.29, 1.82) is 0 Å². The lowest BCUT2D eigenvalue weighted by Crippen LogP contribution is -2.62. The Morgan fingerprint density at radius 2 is 1.63 bits per heavy atom. The second kappa shape index (κ2) is 10.1. The molecular formula is C33H48O8. The van der Waals surface area contributed by atoms with Gasteiger partial charge in [-0.1, -0.05) is 47.0 Å². The molecule has 2 bridgehead atoms. The lowest BCUT2D eigenvalue weighted by atomic mass is 9.40. The Bertz CT molecular complexity index is 1190. The number of ketones is 3. The van der Waals surface area contributed by atoms with E-state index in [0.29, 0.717) is 43.3 Å². The van der Waals surface area contributed by atoms with Crippen LogP contribution < -0.4 is 0 Å². The van der Waals surface area contributed by atoms with Crippen molar-refractivity contribution in [2.45, 2.75) is 124 Å². The van der Waals surface area contributed by atoms with Crippen molar-refractivity contribution in [3.05, 3.63) is 11.1 Å². The molecule has 8 nitrogen and oxygen atoms in total. The minimum Gasteiger partial charge on any atom is -0.481 e. The minimum absolute atomic E-state index is 0.0238. The molecule has 0 heterocycles. The monoisotopic (exact) mass is 572 g/mol. The maximum absolute atomic E-state index is 14.5. The number of aliphatic hydroxyl groups is 3. The number of fused-ring (bicyclic) bond motifs is 2. The third-order valence-electron chi connectivity index (χ3n) is 13.0. The van der Waals surface area contributed by atoms with E-state index in [1.165, 1.54) is 6.92 Å². The molecule has 10 atom stereocenters. The molecule has 4 N–H and O–H groups in total. The maximum atomic E-state index is 14.5. The van der Waals surface area contributed by atoms with E-state index < -0.39 is 57.6 Å². The molecule has 0 aromatic rings. The molecule has 0 saturated heterocycles. The van der Waals surface area contributed by atoms with Crippen LogP contribution in [0.1, 0.15) is 105 Å². The predicted octanol–water partition coefficient (Wildman–Crippen LogP) is 4.03. The van der Waals surface area contributed by atoms with Crippen LogP contribution in [-0.2, 0) is 19.2 Å². The van der Waals surface area contributed by atoms with Crippen LogP contribution in [0.5, 0.6) is 0 Å². The largest absolute Gasteiger partial charge is 0.481 e. The summed E-state index contributed by atoms with van der Waals surface area (Å²) in [5, 5.41) is 43.9. The number of aliphatic carboxylic acids is 1. The van der Waals surface area contributed by atoms with Crippen molar-refractivity contribution in [2.75, 3.05) is 0 Å². The molecule has 0 aromatic heterocycles. The summed E-state index contributed by atoms with van der Waals surface area (Å²) >= 11 is 0. The van der Waals surface area contributed by atoms with E-state index in [9.17, 15) is 39.6 Å². The second-order valence-electron chi connectivity index (χ2n) is 15.0. The van der Waals surface area contributed by atoms with Crippen LogP contribution in [0, 0.1) is 45.3 Å². The van der Waals surface area contributed by atoms with Crippen LogP contribution in [-0.4, -0.2) is 62.1 Å². The molecule has 2 spiro atoms. The first-order chi connectivity index (χ1) is 19.1. The Morgan fingerprint density at radius 3 is 2.29 bits per heavy atom. The average Bonchev–Trinajstić information content (AvgIpc) is 3.13.